The lowest BCUT2D eigenvalue weighted by molar-refractivity contribution is -0.116. The fourth-order valence-corrected chi connectivity index (χ4v) is 4.51. The molecule has 0 radical (unpaired) electrons. The number of ether oxygens (including phenoxy) is 1. The van der Waals surface area contributed by atoms with E-state index in [2.05, 4.69) is 20.4 Å². The van der Waals surface area contributed by atoms with Crippen LogP contribution in [-0.4, -0.2) is 53.9 Å². The molecule has 1 atom stereocenters. The van der Waals surface area contributed by atoms with Gasteiger partial charge in [-0.3, -0.25) is 9.59 Å². The molecule has 7 nitrogen and oxygen atoms in total. The highest BCUT2D eigenvalue weighted by Crippen LogP contribution is 2.31. The third-order valence-electron chi connectivity index (χ3n) is 6.13. The average Bonchev–Trinajstić information content (AvgIpc) is 2.84. The van der Waals surface area contributed by atoms with E-state index in [1.165, 1.54) is 0 Å². The largest absolute Gasteiger partial charge is 0.380 e. The summed E-state index contributed by atoms with van der Waals surface area (Å²) in [4.78, 5) is 27.0. The standard InChI is InChI=1S/C25H29ClN4O3.ClH/c1-33-18-7-6-14-30(16-18)13-5-4-10-23(31)27-22-15-17(11-12-21(22)26)24-19-8-2-3-9-20(19)25(32)29-28-24;/h2-3,8-9,11-12,15,18H,4-7,10,13-14,16H2,1H3,(H,27,31)(H,29,32);1H. The van der Waals surface area contributed by atoms with Crippen molar-refractivity contribution in [3.63, 3.8) is 0 Å². The molecule has 0 saturated carbocycles. The van der Waals surface area contributed by atoms with Crippen LogP contribution >= 0.6 is 24.0 Å². The van der Waals surface area contributed by atoms with E-state index in [1.54, 1.807) is 25.3 Å². The summed E-state index contributed by atoms with van der Waals surface area (Å²) in [6.45, 7) is 3.05. The van der Waals surface area contributed by atoms with Crippen LogP contribution in [0.1, 0.15) is 32.1 Å². The molecule has 0 spiro atoms. The number of halogens is 2. The number of fused-ring (bicyclic) bond motifs is 1. The third-order valence-corrected chi connectivity index (χ3v) is 6.46. The number of piperidine rings is 1. The minimum Gasteiger partial charge on any atom is -0.380 e. The number of carbonyl (C=O) groups is 1. The smallest absolute Gasteiger partial charge is 0.272 e. The van der Waals surface area contributed by atoms with Gasteiger partial charge in [0.25, 0.3) is 5.56 Å². The molecule has 1 saturated heterocycles. The average molecular weight is 505 g/mol. The Labute approximate surface area is 210 Å². The fourth-order valence-electron chi connectivity index (χ4n) is 4.35. The van der Waals surface area contributed by atoms with Gasteiger partial charge in [-0.2, -0.15) is 5.10 Å². The van der Waals surface area contributed by atoms with E-state index in [4.69, 9.17) is 16.3 Å². The number of hydrogen-bond acceptors (Lipinski definition) is 5. The Hall–Kier alpha value is -2.45. The van der Waals surface area contributed by atoms with Crippen molar-refractivity contribution >= 4 is 46.4 Å². The van der Waals surface area contributed by atoms with Crippen molar-refractivity contribution in [2.75, 3.05) is 32.1 Å². The molecule has 4 rings (SSSR count). The first-order valence-electron chi connectivity index (χ1n) is 11.4. The summed E-state index contributed by atoms with van der Waals surface area (Å²) in [6, 6.07) is 12.7. The van der Waals surface area contributed by atoms with Crippen molar-refractivity contribution in [3.8, 4) is 11.3 Å². The number of benzene rings is 2. The summed E-state index contributed by atoms with van der Waals surface area (Å²) in [5.41, 5.74) is 1.70. The highest BCUT2D eigenvalue weighted by molar-refractivity contribution is 6.33. The number of methoxy groups -OCH3 is 1. The second-order valence-electron chi connectivity index (χ2n) is 8.45. The predicted octanol–water partition coefficient (Wildman–Crippen LogP) is 4.88. The van der Waals surface area contributed by atoms with E-state index >= 15 is 0 Å². The first-order valence-corrected chi connectivity index (χ1v) is 11.8. The maximum Gasteiger partial charge on any atom is 0.272 e. The van der Waals surface area contributed by atoms with Crippen LogP contribution in [0.15, 0.2) is 47.3 Å². The summed E-state index contributed by atoms with van der Waals surface area (Å²) >= 11 is 6.35. The maximum atomic E-state index is 12.6. The topological polar surface area (TPSA) is 87.3 Å². The van der Waals surface area contributed by atoms with Crippen LogP contribution in [0.5, 0.6) is 0 Å². The predicted molar refractivity (Wildman–Crippen MR) is 139 cm³/mol. The van der Waals surface area contributed by atoms with Gasteiger partial charge >= 0.3 is 0 Å². The van der Waals surface area contributed by atoms with Crippen molar-refractivity contribution in [2.24, 2.45) is 0 Å². The molecule has 0 bridgehead atoms. The number of aromatic amines is 1. The van der Waals surface area contributed by atoms with Crippen LogP contribution in [0.2, 0.25) is 5.02 Å². The van der Waals surface area contributed by atoms with Gasteiger partial charge in [-0.1, -0.05) is 35.9 Å². The fraction of sp³-hybridized carbons (Fsp3) is 0.400. The van der Waals surface area contributed by atoms with E-state index in [0.717, 1.165) is 56.3 Å². The van der Waals surface area contributed by atoms with Crippen molar-refractivity contribution in [1.82, 2.24) is 15.1 Å². The van der Waals surface area contributed by atoms with Crippen LogP contribution in [0.25, 0.3) is 22.0 Å². The van der Waals surface area contributed by atoms with Gasteiger partial charge in [0.1, 0.15) is 0 Å². The lowest BCUT2D eigenvalue weighted by atomic mass is 10.0. The molecule has 3 aromatic rings. The number of anilines is 1. The number of hydrogen-bond donors (Lipinski definition) is 2. The van der Waals surface area contributed by atoms with Gasteiger partial charge in [0.15, 0.2) is 0 Å². The quantitative estimate of drug-likeness (QED) is 0.426. The molecule has 1 aromatic heterocycles. The molecule has 1 aliphatic rings. The molecule has 2 aromatic carbocycles. The Morgan fingerprint density at radius 1 is 1.24 bits per heavy atom. The SMILES string of the molecule is COC1CCCN(CCCCC(=O)Nc2cc(-c3n[nH]c(=O)c4ccccc34)ccc2Cl)C1.Cl. The van der Waals surface area contributed by atoms with Crippen LogP contribution in [0, 0.1) is 0 Å². The minimum atomic E-state index is -0.237. The molecule has 1 amide bonds. The molecule has 182 valence electrons. The summed E-state index contributed by atoms with van der Waals surface area (Å²) in [5.74, 6) is -0.0678. The van der Waals surface area contributed by atoms with Crippen molar-refractivity contribution in [2.45, 2.75) is 38.2 Å². The molecule has 2 heterocycles. The van der Waals surface area contributed by atoms with Gasteiger partial charge in [-0.15, -0.1) is 12.4 Å². The first kappa shape index (κ1) is 26.2. The monoisotopic (exact) mass is 504 g/mol. The summed E-state index contributed by atoms with van der Waals surface area (Å²) in [6.07, 6.45) is 4.81. The zero-order valence-electron chi connectivity index (χ0n) is 19.2. The second-order valence-corrected chi connectivity index (χ2v) is 8.85. The van der Waals surface area contributed by atoms with Gasteiger partial charge < -0.3 is 15.0 Å². The number of nitrogens with one attached hydrogen (secondary N) is 2. The first-order chi connectivity index (χ1) is 16.0. The molecule has 9 heteroatoms. The highest BCUT2D eigenvalue weighted by atomic mass is 35.5. The summed E-state index contributed by atoms with van der Waals surface area (Å²) in [7, 11) is 1.77. The number of rotatable bonds is 8. The van der Waals surface area contributed by atoms with Crippen molar-refractivity contribution in [1.29, 1.82) is 0 Å². The van der Waals surface area contributed by atoms with Crippen LogP contribution in [-0.2, 0) is 9.53 Å². The Kier molecular flexibility index (Phi) is 9.47. The Bertz CT molecular complexity index is 1180. The number of aromatic nitrogens is 2. The number of nitrogens with zero attached hydrogens (tertiary/aromatic N) is 2. The van der Waals surface area contributed by atoms with Gasteiger partial charge in [0, 0.05) is 31.0 Å². The van der Waals surface area contributed by atoms with Gasteiger partial charge in [0.2, 0.25) is 5.91 Å². The van der Waals surface area contributed by atoms with Gasteiger partial charge in [-0.05, 0) is 57.0 Å². The zero-order chi connectivity index (χ0) is 23.2. The number of unbranched alkanes of at least 4 members (excludes halogenated alkanes) is 1. The van der Waals surface area contributed by atoms with E-state index in [1.807, 2.05) is 24.3 Å². The van der Waals surface area contributed by atoms with E-state index < -0.39 is 0 Å². The molecule has 0 aliphatic carbocycles. The Morgan fingerprint density at radius 2 is 2.03 bits per heavy atom. The van der Waals surface area contributed by atoms with E-state index in [0.29, 0.717) is 34.3 Å². The van der Waals surface area contributed by atoms with Gasteiger partial charge in [0.05, 0.1) is 27.9 Å². The van der Waals surface area contributed by atoms with Crippen molar-refractivity contribution < 1.29 is 9.53 Å². The molecule has 34 heavy (non-hydrogen) atoms. The van der Waals surface area contributed by atoms with E-state index in [-0.39, 0.29) is 23.9 Å². The number of likely N-dealkylation sites (tertiary alicyclic amines) is 1. The third kappa shape index (κ3) is 6.36. The van der Waals surface area contributed by atoms with Crippen LogP contribution < -0.4 is 10.9 Å². The molecular formula is C25H30Cl2N4O3. The highest BCUT2D eigenvalue weighted by Gasteiger charge is 2.19. The zero-order valence-corrected chi connectivity index (χ0v) is 20.8. The Balaban J connectivity index is 0.00000324. The van der Waals surface area contributed by atoms with Gasteiger partial charge in [-0.25, -0.2) is 5.10 Å². The molecule has 2 N–H and O–H groups in total. The normalized spacial score (nSPS) is 16.2. The molecule has 1 unspecified atom stereocenters. The summed E-state index contributed by atoms with van der Waals surface area (Å²) in [5, 5.41) is 11.5. The molecular weight excluding hydrogens is 475 g/mol. The number of amides is 1. The van der Waals surface area contributed by atoms with E-state index in [9.17, 15) is 9.59 Å². The number of H-pyrrole nitrogens is 1. The molecule has 1 aliphatic heterocycles. The lowest BCUT2D eigenvalue weighted by Gasteiger charge is -2.31. The second kappa shape index (κ2) is 12.3. The van der Waals surface area contributed by atoms with Crippen molar-refractivity contribution in [3.05, 3.63) is 57.8 Å². The minimum absolute atomic E-state index is 0. The number of carbonyl (C=O) groups excluding carboxylic acids is 1. The maximum absolute atomic E-state index is 12.6. The Morgan fingerprint density at radius 3 is 2.82 bits per heavy atom. The summed E-state index contributed by atoms with van der Waals surface area (Å²) < 4.78 is 5.47. The molecule has 1 fully saturated rings. The lowest BCUT2D eigenvalue weighted by Crippen LogP contribution is -2.39. The van der Waals surface area contributed by atoms with Crippen LogP contribution in [0.4, 0.5) is 5.69 Å². The van der Waals surface area contributed by atoms with Crippen LogP contribution in [0.3, 0.4) is 0 Å².